The molecule has 0 N–H and O–H groups in total. The molecular weight excluding hydrogens is 1040 g/mol. The highest BCUT2D eigenvalue weighted by Gasteiger charge is 2.42. The van der Waals surface area contributed by atoms with Crippen molar-refractivity contribution in [1.82, 2.24) is 0 Å². The molecular formula is C55H78N2O18S2. The van der Waals surface area contributed by atoms with Gasteiger partial charge in [-0.25, -0.2) is 16.8 Å². The first kappa shape index (κ1) is 63.5. The van der Waals surface area contributed by atoms with Crippen LogP contribution in [0.4, 0.5) is 0 Å². The fourth-order valence-electron chi connectivity index (χ4n) is 9.91. The Morgan fingerprint density at radius 2 is 0.779 bits per heavy atom. The van der Waals surface area contributed by atoms with Gasteiger partial charge in [0.1, 0.15) is 12.1 Å². The Balaban J connectivity index is 0.00000117. The summed E-state index contributed by atoms with van der Waals surface area (Å²) in [6, 6.07) is 20.5. The number of carbonyl (C=O) groups is 2. The molecule has 2 aliphatic heterocycles. The van der Waals surface area contributed by atoms with E-state index in [-0.39, 0.29) is 24.0 Å². The van der Waals surface area contributed by atoms with Crippen LogP contribution >= 0.6 is 0 Å². The van der Waals surface area contributed by atoms with E-state index in [1.807, 2.05) is 24.3 Å². The number of unbranched alkanes of at least 4 members (excludes halogenated alkanes) is 2. The molecule has 0 aliphatic carbocycles. The first-order chi connectivity index (χ1) is 36.4. The van der Waals surface area contributed by atoms with E-state index in [4.69, 9.17) is 73.3 Å². The first-order valence-corrected chi connectivity index (χ1v) is 28.7. The zero-order chi connectivity index (χ0) is 57.1. The van der Waals surface area contributed by atoms with Crippen LogP contribution in [0, 0.1) is 0 Å². The van der Waals surface area contributed by atoms with Crippen molar-refractivity contribution in [1.29, 1.82) is 0 Å². The molecule has 0 bridgehead atoms. The number of esters is 2. The fraction of sp³-hybridized carbons (Fsp3) is 0.527. The van der Waals surface area contributed by atoms with E-state index in [0.29, 0.717) is 119 Å². The van der Waals surface area contributed by atoms with Crippen molar-refractivity contribution >= 4 is 32.2 Å². The molecule has 0 aromatic heterocycles. The molecule has 22 heteroatoms. The van der Waals surface area contributed by atoms with Gasteiger partial charge in [-0.3, -0.25) is 9.59 Å². The van der Waals surface area contributed by atoms with Gasteiger partial charge in [-0.2, -0.15) is 0 Å². The summed E-state index contributed by atoms with van der Waals surface area (Å²) in [4.78, 5) is 26.4. The lowest BCUT2D eigenvalue weighted by Gasteiger charge is -2.46. The monoisotopic (exact) mass is 1120 g/mol. The smallest absolute Gasteiger partial charge is 0.311 e. The van der Waals surface area contributed by atoms with Crippen LogP contribution in [0.5, 0.6) is 46.0 Å². The highest BCUT2D eigenvalue weighted by atomic mass is 32.2. The van der Waals surface area contributed by atoms with Gasteiger partial charge in [-0.15, -0.1) is 0 Å². The summed E-state index contributed by atoms with van der Waals surface area (Å²) < 4.78 is 112. The molecule has 4 atom stereocenters. The van der Waals surface area contributed by atoms with Crippen LogP contribution in [-0.2, 0) is 65.0 Å². The van der Waals surface area contributed by atoms with Gasteiger partial charge in [-0.1, -0.05) is 12.1 Å². The standard InChI is InChI=1S/C53H72N2O12.2CH4O3S/c1-54(22-18-38-32-48(62-7)50(64-9)34-40(38)42(54)28-36-14-16-44(58-3)46(30-36)60-5)24-20-52(56)66-26-12-11-13-27-67-53(57)21-25-55(2)23-19-39-33-49(63-8)51(65-10)35-41(39)43(55)29-37-15-17-45(59-4)47(31-37)61-6;2*1-5(2,3)4/h14-17,30-35,42-43H,11-13,18-29H2,1-10H3;2*1H3,(H,2,3,4)/q+2;;/p-2. The van der Waals surface area contributed by atoms with E-state index in [9.17, 15) is 9.59 Å². The van der Waals surface area contributed by atoms with Crippen LogP contribution in [0.15, 0.2) is 60.7 Å². The lowest BCUT2D eigenvalue weighted by atomic mass is 9.86. The average Bonchev–Trinajstić information content (AvgIpc) is 3.39. The summed E-state index contributed by atoms with van der Waals surface area (Å²) in [5.74, 6) is 5.06. The van der Waals surface area contributed by atoms with E-state index in [1.54, 1.807) is 56.9 Å². The van der Waals surface area contributed by atoms with Gasteiger partial charge in [0.05, 0.1) is 143 Å². The number of hydrogen-bond acceptors (Lipinski definition) is 18. The maximum absolute atomic E-state index is 13.2. The third-order valence-corrected chi connectivity index (χ3v) is 14.0. The number of fused-ring (bicyclic) bond motifs is 2. The van der Waals surface area contributed by atoms with E-state index >= 15 is 0 Å². The predicted molar refractivity (Wildman–Crippen MR) is 287 cm³/mol. The molecule has 6 rings (SSSR count). The van der Waals surface area contributed by atoms with Gasteiger partial charge in [0.2, 0.25) is 0 Å². The minimum Gasteiger partial charge on any atom is -0.748 e. The Bertz CT molecular complexity index is 2620. The molecule has 0 radical (unpaired) electrons. The molecule has 4 aromatic carbocycles. The molecule has 0 saturated carbocycles. The highest BCUT2D eigenvalue weighted by molar-refractivity contribution is 7.85. The number of carbonyl (C=O) groups excluding carboxylic acids is 2. The lowest BCUT2D eigenvalue weighted by molar-refractivity contribution is -0.940. The van der Waals surface area contributed by atoms with E-state index < -0.39 is 20.2 Å². The molecule has 0 amide bonds. The van der Waals surface area contributed by atoms with Crippen LogP contribution in [0.25, 0.3) is 0 Å². The summed E-state index contributed by atoms with van der Waals surface area (Å²) in [6.45, 7) is 3.57. The number of methoxy groups -OCH3 is 8. The number of rotatable bonds is 24. The quantitative estimate of drug-likeness (QED) is 0.0320. The highest BCUT2D eigenvalue weighted by Crippen LogP contribution is 2.45. The van der Waals surface area contributed by atoms with Gasteiger partial charge in [-0.05, 0) is 90.0 Å². The summed E-state index contributed by atoms with van der Waals surface area (Å²) >= 11 is 0. The maximum atomic E-state index is 13.2. The molecule has 77 heavy (non-hydrogen) atoms. The SMILES string of the molecule is COc1ccc(CC2c3cc(OC)c(OC)cc3CC[N+]2(C)CCC(=O)OCCCCCOC(=O)CC[N+]2(C)CCc3cc(OC)c(OC)cc3C2Cc2ccc(OC)c(OC)c2)cc1OC.CS(=O)(=O)[O-].CS(=O)(=O)[O-]. The Morgan fingerprint density at radius 1 is 0.481 bits per heavy atom. The Hall–Kier alpha value is -6.04. The molecule has 2 aliphatic rings. The van der Waals surface area contributed by atoms with Crippen LogP contribution in [0.2, 0.25) is 0 Å². The molecule has 428 valence electrons. The Labute approximate surface area is 455 Å². The van der Waals surface area contributed by atoms with Crippen molar-refractivity contribution in [2.45, 2.75) is 69.9 Å². The van der Waals surface area contributed by atoms with E-state index in [2.05, 4.69) is 50.5 Å². The minimum absolute atomic E-state index is 0.0393. The fourth-order valence-corrected chi connectivity index (χ4v) is 9.91. The second kappa shape index (κ2) is 29.1. The van der Waals surface area contributed by atoms with Crippen LogP contribution < -0.4 is 37.9 Å². The third-order valence-electron chi connectivity index (χ3n) is 14.0. The van der Waals surface area contributed by atoms with Crippen molar-refractivity contribution in [2.24, 2.45) is 0 Å². The largest absolute Gasteiger partial charge is 0.748 e. The number of nitrogens with zero attached hydrogens (tertiary/aromatic N) is 2. The zero-order valence-electron chi connectivity index (χ0n) is 46.6. The molecule has 4 unspecified atom stereocenters. The Kier molecular flexibility index (Phi) is 24.0. The topological polar surface area (TPSA) is 241 Å². The van der Waals surface area contributed by atoms with Gasteiger partial charge in [0.15, 0.2) is 46.0 Å². The molecule has 0 saturated heterocycles. The van der Waals surface area contributed by atoms with Crippen LogP contribution in [-0.4, -0.2) is 170 Å². The Morgan fingerprint density at radius 3 is 1.09 bits per heavy atom. The molecule has 4 aromatic rings. The normalized spacial score (nSPS) is 18.5. The first-order valence-electron chi connectivity index (χ1n) is 25.1. The summed E-state index contributed by atoms with van der Waals surface area (Å²) in [7, 11) is 9.78. The van der Waals surface area contributed by atoms with E-state index in [0.717, 1.165) is 56.3 Å². The third kappa shape index (κ3) is 19.1. The van der Waals surface area contributed by atoms with Gasteiger partial charge in [0, 0.05) is 49.3 Å². The van der Waals surface area contributed by atoms with Crippen molar-refractivity contribution < 1.29 is 91.9 Å². The summed E-state index contributed by atoms with van der Waals surface area (Å²) in [5.41, 5.74) is 7.00. The lowest BCUT2D eigenvalue weighted by Crippen LogP contribution is -2.53. The molecule has 2 heterocycles. The number of quaternary nitrogens is 2. The van der Waals surface area contributed by atoms with Gasteiger partial charge >= 0.3 is 11.9 Å². The van der Waals surface area contributed by atoms with Gasteiger partial charge in [0.25, 0.3) is 0 Å². The zero-order valence-corrected chi connectivity index (χ0v) is 48.2. The maximum Gasteiger partial charge on any atom is 0.311 e. The number of likely N-dealkylation sites (N-methyl/N-ethyl adjacent to an activating group) is 2. The summed E-state index contributed by atoms with van der Waals surface area (Å²) in [5, 5.41) is 0. The predicted octanol–water partition coefficient (Wildman–Crippen LogP) is 6.39. The van der Waals surface area contributed by atoms with Crippen molar-refractivity contribution in [3.05, 3.63) is 94.0 Å². The molecule has 0 spiro atoms. The van der Waals surface area contributed by atoms with Crippen molar-refractivity contribution in [3.8, 4) is 46.0 Å². The van der Waals surface area contributed by atoms with Gasteiger partial charge < -0.3 is 65.4 Å². The van der Waals surface area contributed by atoms with E-state index in [1.165, 1.54) is 22.3 Å². The minimum atomic E-state index is -3.92. The van der Waals surface area contributed by atoms with Crippen LogP contribution in [0.1, 0.15) is 77.6 Å². The average molecular weight is 1120 g/mol. The molecule has 20 nitrogen and oxygen atoms in total. The second-order valence-corrected chi connectivity index (χ2v) is 22.2. The van der Waals surface area contributed by atoms with Crippen molar-refractivity contribution in [2.75, 3.05) is 123 Å². The number of hydrogen-bond donors (Lipinski definition) is 0. The summed E-state index contributed by atoms with van der Waals surface area (Å²) in [6.07, 6.45) is 7.06. The second-order valence-electron chi connectivity index (χ2n) is 19.4. The van der Waals surface area contributed by atoms with Crippen LogP contribution in [0.3, 0.4) is 0 Å². The molecule has 0 fully saturated rings. The number of ether oxygens (including phenoxy) is 10. The van der Waals surface area contributed by atoms with Crippen molar-refractivity contribution in [3.63, 3.8) is 0 Å². The number of benzene rings is 4.